The molecule has 7 nitrogen and oxygen atoms in total. The SMILES string of the molecule is O=C1N(C[C@H]2CNCCO2)c2ccccc2[C@@]12COc1cc3c(cc12)OCCO3. The molecule has 6 rings (SSSR count). The Morgan fingerprint density at radius 3 is 2.66 bits per heavy atom. The van der Waals surface area contributed by atoms with E-state index in [2.05, 4.69) is 5.32 Å². The van der Waals surface area contributed by atoms with Crippen LogP contribution in [0.25, 0.3) is 0 Å². The van der Waals surface area contributed by atoms with Crippen molar-refractivity contribution in [2.45, 2.75) is 11.5 Å². The molecule has 0 unspecified atom stereocenters. The Bertz CT molecular complexity index is 987. The molecule has 1 saturated heterocycles. The Morgan fingerprint density at radius 2 is 1.83 bits per heavy atom. The van der Waals surface area contributed by atoms with Gasteiger partial charge in [0.1, 0.15) is 31.0 Å². The van der Waals surface area contributed by atoms with Crippen LogP contribution < -0.4 is 24.4 Å². The van der Waals surface area contributed by atoms with Crippen LogP contribution in [0.5, 0.6) is 17.2 Å². The third kappa shape index (κ3) is 2.41. The van der Waals surface area contributed by atoms with Crippen LogP contribution in [0.15, 0.2) is 36.4 Å². The summed E-state index contributed by atoms with van der Waals surface area (Å²) in [5.41, 5.74) is 1.90. The molecule has 2 atom stereocenters. The Kier molecular flexibility index (Phi) is 3.76. The lowest BCUT2D eigenvalue weighted by Crippen LogP contribution is -2.49. The molecular formula is C22H22N2O5. The fourth-order valence-electron chi connectivity index (χ4n) is 4.83. The van der Waals surface area contributed by atoms with Gasteiger partial charge in [-0.25, -0.2) is 0 Å². The summed E-state index contributed by atoms with van der Waals surface area (Å²) in [6, 6.07) is 11.8. The molecular weight excluding hydrogens is 372 g/mol. The van der Waals surface area contributed by atoms with Gasteiger partial charge in [-0.05, 0) is 17.7 Å². The summed E-state index contributed by atoms with van der Waals surface area (Å²) in [4.78, 5) is 15.8. The topological polar surface area (TPSA) is 69.3 Å². The maximum absolute atomic E-state index is 13.9. The average Bonchev–Trinajstić information content (AvgIpc) is 3.25. The molecule has 7 heteroatoms. The Balaban J connectivity index is 1.45. The van der Waals surface area contributed by atoms with Crippen molar-refractivity contribution in [1.29, 1.82) is 0 Å². The van der Waals surface area contributed by atoms with E-state index in [0.29, 0.717) is 43.6 Å². The predicted molar refractivity (Wildman–Crippen MR) is 105 cm³/mol. The molecule has 0 aromatic heterocycles. The summed E-state index contributed by atoms with van der Waals surface area (Å²) < 4.78 is 23.4. The van der Waals surface area contributed by atoms with Crippen molar-refractivity contribution in [2.75, 3.05) is 51.0 Å². The number of hydrogen-bond acceptors (Lipinski definition) is 6. The predicted octanol–water partition coefficient (Wildman–Crippen LogP) is 1.47. The summed E-state index contributed by atoms with van der Waals surface area (Å²) in [6.45, 7) is 4.06. The molecule has 1 spiro atoms. The number of hydrogen-bond donors (Lipinski definition) is 1. The van der Waals surface area contributed by atoms with Gasteiger partial charge in [0.25, 0.3) is 0 Å². The van der Waals surface area contributed by atoms with Gasteiger partial charge in [0, 0.05) is 30.4 Å². The van der Waals surface area contributed by atoms with Crippen LogP contribution in [0.4, 0.5) is 5.69 Å². The third-order valence-corrected chi connectivity index (χ3v) is 6.20. The van der Waals surface area contributed by atoms with Crippen LogP contribution in [0.3, 0.4) is 0 Å². The molecule has 0 bridgehead atoms. The summed E-state index contributed by atoms with van der Waals surface area (Å²) in [7, 11) is 0. The van der Waals surface area contributed by atoms with Crippen molar-refractivity contribution in [2.24, 2.45) is 0 Å². The van der Waals surface area contributed by atoms with E-state index in [0.717, 1.165) is 29.9 Å². The summed E-state index contributed by atoms with van der Waals surface area (Å²) in [5.74, 6) is 2.06. The monoisotopic (exact) mass is 394 g/mol. The molecule has 4 aliphatic heterocycles. The number of fused-ring (bicyclic) bond motifs is 5. The number of amides is 1. The van der Waals surface area contributed by atoms with Crippen LogP contribution in [0.1, 0.15) is 11.1 Å². The smallest absolute Gasteiger partial charge is 0.245 e. The van der Waals surface area contributed by atoms with Gasteiger partial charge in [0.15, 0.2) is 11.5 Å². The second-order valence-electron chi connectivity index (χ2n) is 7.82. The van der Waals surface area contributed by atoms with Gasteiger partial charge >= 0.3 is 0 Å². The molecule has 0 saturated carbocycles. The first-order valence-electron chi connectivity index (χ1n) is 10.1. The van der Waals surface area contributed by atoms with E-state index in [4.69, 9.17) is 18.9 Å². The van der Waals surface area contributed by atoms with Gasteiger partial charge in [-0.15, -0.1) is 0 Å². The Labute approximate surface area is 168 Å². The molecule has 4 aliphatic rings. The number of nitrogens with one attached hydrogen (secondary N) is 1. The first-order valence-corrected chi connectivity index (χ1v) is 10.1. The molecule has 29 heavy (non-hydrogen) atoms. The van der Waals surface area contributed by atoms with Crippen LogP contribution >= 0.6 is 0 Å². The zero-order valence-electron chi connectivity index (χ0n) is 16.0. The fourth-order valence-corrected chi connectivity index (χ4v) is 4.83. The molecule has 0 aliphatic carbocycles. The van der Waals surface area contributed by atoms with Crippen molar-refractivity contribution in [3.63, 3.8) is 0 Å². The van der Waals surface area contributed by atoms with E-state index >= 15 is 0 Å². The lowest BCUT2D eigenvalue weighted by Gasteiger charge is -2.29. The molecule has 4 heterocycles. The highest BCUT2D eigenvalue weighted by Crippen LogP contribution is 2.54. The highest BCUT2D eigenvalue weighted by Gasteiger charge is 2.57. The van der Waals surface area contributed by atoms with E-state index in [9.17, 15) is 4.79 Å². The summed E-state index contributed by atoms with van der Waals surface area (Å²) >= 11 is 0. The normalized spacial score (nSPS) is 27.0. The van der Waals surface area contributed by atoms with Crippen molar-refractivity contribution < 1.29 is 23.7 Å². The van der Waals surface area contributed by atoms with E-state index in [1.54, 1.807) is 0 Å². The van der Waals surface area contributed by atoms with E-state index in [-0.39, 0.29) is 18.6 Å². The lowest BCUT2D eigenvalue weighted by molar-refractivity contribution is -0.122. The van der Waals surface area contributed by atoms with Crippen LogP contribution in [-0.4, -0.2) is 58.1 Å². The van der Waals surface area contributed by atoms with E-state index in [1.165, 1.54) is 0 Å². The van der Waals surface area contributed by atoms with Crippen molar-refractivity contribution in [3.8, 4) is 17.2 Å². The van der Waals surface area contributed by atoms with Crippen molar-refractivity contribution in [3.05, 3.63) is 47.5 Å². The number of benzene rings is 2. The third-order valence-electron chi connectivity index (χ3n) is 6.20. The summed E-state index contributed by atoms with van der Waals surface area (Å²) in [5, 5.41) is 3.34. The number of rotatable bonds is 2. The largest absolute Gasteiger partial charge is 0.491 e. The Hall–Kier alpha value is -2.77. The highest BCUT2D eigenvalue weighted by molar-refractivity contribution is 6.11. The van der Waals surface area contributed by atoms with Crippen LogP contribution in [0, 0.1) is 0 Å². The maximum atomic E-state index is 13.9. The number of carbonyl (C=O) groups is 1. The summed E-state index contributed by atoms with van der Waals surface area (Å²) in [6.07, 6.45) is -0.0297. The van der Waals surface area contributed by atoms with Gasteiger partial charge in [-0.3, -0.25) is 4.79 Å². The number of morpholine rings is 1. The molecule has 2 aromatic rings. The van der Waals surface area contributed by atoms with Gasteiger partial charge in [-0.1, -0.05) is 18.2 Å². The van der Waals surface area contributed by atoms with E-state index < -0.39 is 5.41 Å². The number of carbonyl (C=O) groups excluding carboxylic acids is 1. The minimum absolute atomic E-state index is 0.0297. The maximum Gasteiger partial charge on any atom is 0.245 e. The van der Waals surface area contributed by atoms with Gasteiger partial charge in [0.05, 0.1) is 19.3 Å². The minimum atomic E-state index is -0.857. The molecule has 1 amide bonds. The molecule has 1 N–H and O–H groups in total. The fraction of sp³-hybridized carbons (Fsp3) is 0.409. The van der Waals surface area contributed by atoms with E-state index in [1.807, 2.05) is 41.3 Å². The van der Waals surface area contributed by atoms with Gasteiger partial charge in [0.2, 0.25) is 5.91 Å². The first-order chi connectivity index (χ1) is 14.3. The average molecular weight is 394 g/mol. The van der Waals surface area contributed by atoms with Gasteiger partial charge < -0.3 is 29.2 Å². The van der Waals surface area contributed by atoms with Crippen LogP contribution in [0.2, 0.25) is 0 Å². The zero-order chi connectivity index (χ0) is 19.4. The molecule has 1 fully saturated rings. The van der Waals surface area contributed by atoms with Gasteiger partial charge in [-0.2, -0.15) is 0 Å². The second-order valence-corrected chi connectivity index (χ2v) is 7.82. The number of nitrogens with zero attached hydrogens (tertiary/aromatic N) is 1. The molecule has 2 aromatic carbocycles. The highest BCUT2D eigenvalue weighted by atomic mass is 16.6. The number of anilines is 1. The minimum Gasteiger partial charge on any atom is -0.491 e. The Morgan fingerprint density at radius 1 is 1.00 bits per heavy atom. The standard InChI is InChI=1S/C22H22N2O5/c25-21-22(13-29-18-10-20-19(9-16(18)22)27-7-8-28-20)15-3-1-2-4-17(15)24(21)12-14-11-23-5-6-26-14/h1-4,9-10,14,23H,5-8,11-13H2/t14-,22-/m1/s1. The quantitative estimate of drug-likeness (QED) is 0.832. The van der Waals surface area contributed by atoms with Crippen molar-refractivity contribution >= 4 is 11.6 Å². The zero-order valence-corrected chi connectivity index (χ0v) is 16.0. The number of ether oxygens (including phenoxy) is 4. The lowest BCUT2D eigenvalue weighted by atomic mass is 9.77. The van der Waals surface area contributed by atoms with Crippen molar-refractivity contribution in [1.82, 2.24) is 5.32 Å². The first kappa shape index (κ1) is 17.1. The second kappa shape index (κ2) is 6.37. The van der Waals surface area contributed by atoms with Crippen LogP contribution in [-0.2, 0) is 14.9 Å². The number of para-hydroxylation sites is 1. The molecule has 0 radical (unpaired) electrons. The molecule has 150 valence electrons.